The molecule has 1 N–H and O–H groups in total. The van der Waals surface area contributed by atoms with Gasteiger partial charge in [0.25, 0.3) is 5.91 Å². The first-order chi connectivity index (χ1) is 11.1. The highest BCUT2D eigenvalue weighted by Gasteiger charge is 2.21. The van der Waals surface area contributed by atoms with Crippen LogP contribution in [-0.4, -0.2) is 18.9 Å². The zero-order valence-electron chi connectivity index (χ0n) is 12.1. The summed E-state index contributed by atoms with van der Waals surface area (Å²) in [5, 5.41) is 3.22. The van der Waals surface area contributed by atoms with Crippen molar-refractivity contribution in [1.29, 1.82) is 0 Å². The predicted molar refractivity (Wildman–Crippen MR) is 87.1 cm³/mol. The normalized spacial score (nSPS) is 15.5. The van der Waals surface area contributed by atoms with E-state index in [2.05, 4.69) is 10.3 Å². The van der Waals surface area contributed by atoms with Crippen LogP contribution < -0.4 is 10.1 Å². The molecule has 0 spiro atoms. The summed E-state index contributed by atoms with van der Waals surface area (Å²) < 4.78 is 18.6. The van der Waals surface area contributed by atoms with E-state index in [0.29, 0.717) is 22.0 Å². The third-order valence-corrected chi connectivity index (χ3v) is 3.51. The van der Waals surface area contributed by atoms with Gasteiger partial charge in [-0.2, -0.15) is 0 Å². The molecule has 1 heterocycles. The fraction of sp³-hybridized carbons (Fsp3) is 0.0588. The Morgan fingerprint density at radius 3 is 2.78 bits per heavy atom. The summed E-state index contributed by atoms with van der Waals surface area (Å²) in [6, 6.07) is 11.4. The maximum Gasteiger partial charge on any atom is 0.275 e. The third kappa shape index (κ3) is 3.24. The van der Waals surface area contributed by atoms with E-state index in [4.69, 9.17) is 16.3 Å². The minimum atomic E-state index is -0.501. The van der Waals surface area contributed by atoms with Crippen molar-refractivity contribution < 1.29 is 13.9 Å². The molecule has 1 amide bonds. The molecule has 23 heavy (non-hydrogen) atoms. The number of hydrogen-bond donors (Lipinski definition) is 1. The van der Waals surface area contributed by atoms with E-state index in [9.17, 15) is 9.18 Å². The molecule has 3 rings (SSSR count). The first-order valence-corrected chi connectivity index (χ1v) is 7.16. The Bertz CT molecular complexity index is 846. The van der Waals surface area contributed by atoms with Gasteiger partial charge in [0.2, 0.25) is 0 Å². The number of carbonyl (C=O) groups is 1. The average Bonchev–Trinajstić information content (AvgIpc) is 2.89. The predicted octanol–water partition coefficient (Wildman–Crippen LogP) is 3.41. The van der Waals surface area contributed by atoms with Crippen molar-refractivity contribution in [1.82, 2.24) is 5.32 Å². The number of rotatable bonds is 3. The summed E-state index contributed by atoms with van der Waals surface area (Å²) in [6.07, 6.45) is 1.51. The van der Waals surface area contributed by atoms with Crippen molar-refractivity contribution in [2.45, 2.75) is 0 Å². The van der Waals surface area contributed by atoms with Gasteiger partial charge in [-0.1, -0.05) is 29.8 Å². The average molecular weight is 331 g/mol. The van der Waals surface area contributed by atoms with Gasteiger partial charge in [0.05, 0.1) is 7.11 Å². The molecule has 0 fully saturated rings. The number of ether oxygens (including phenoxy) is 1. The molecular weight excluding hydrogens is 319 g/mol. The quantitative estimate of drug-likeness (QED) is 0.877. The van der Waals surface area contributed by atoms with Gasteiger partial charge >= 0.3 is 0 Å². The van der Waals surface area contributed by atoms with Crippen LogP contribution in [-0.2, 0) is 4.79 Å². The summed E-state index contributed by atoms with van der Waals surface area (Å²) in [5.74, 6) is -0.292. The monoisotopic (exact) mass is 330 g/mol. The number of halogens is 2. The van der Waals surface area contributed by atoms with Crippen molar-refractivity contribution in [3.8, 4) is 5.75 Å². The van der Waals surface area contributed by atoms with Gasteiger partial charge in [-0.15, -0.1) is 0 Å². The number of amides is 1. The smallest absolute Gasteiger partial charge is 0.275 e. The standard InChI is InChI=1S/C17H12ClFN2O2/c1-23-15-6-5-10(7-13(15)19)8-14-17(22)21-16(20-14)11-3-2-4-12(18)9-11/h2-9H,1H3,(H,20,21,22)/b14-8+. The highest BCUT2D eigenvalue weighted by Crippen LogP contribution is 2.21. The summed E-state index contributed by atoms with van der Waals surface area (Å²) in [7, 11) is 1.39. The Labute approximate surface area is 137 Å². The van der Waals surface area contributed by atoms with E-state index in [1.807, 2.05) is 0 Å². The number of hydrogen-bond acceptors (Lipinski definition) is 3. The van der Waals surface area contributed by atoms with Crippen molar-refractivity contribution in [3.05, 3.63) is 70.1 Å². The van der Waals surface area contributed by atoms with Crippen LogP contribution in [0.2, 0.25) is 5.02 Å². The van der Waals surface area contributed by atoms with Crippen LogP contribution in [0.1, 0.15) is 11.1 Å². The first kappa shape index (κ1) is 15.2. The molecule has 1 aliphatic rings. The molecule has 0 saturated carbocycles. The summed E-state index contributed by atoms with van der Waals surface area (Å²) in [6.45, 7) is 0. The van der Waals surface area contributed by atoms with Crippen LogP contribution in [0.15, 0.2) is 53.2 Å². The fourth-order valence-electron chi connectivity index (χ4n) is 2.17. The molecule has 0 aromatic heterocycles. The van der Waals surface area contributed by atoms with Gasteiger partial charge < -0.3 is 10.1 Å². The minimum absolute atomic E-state index is 0.145. The highest BCUT2D eigenvalue weighted by atomic mass is 35.5. The van der Waals surface area contributed by atoms with Crippen molar-refractivity contribution >= 4 is 29.4 Å². The van der Waals surface area contributed by atoms with E-state index < -0.39 is 5.82 Å². The van der Waals surface area contributed by atoms with Crippen LogP contribution in [0.5, 0.6) is 5.75 Å². The van der Waals surface area contributed by atoms with E-state index in [-0.39, 0.29) is 17.4 Å². The van der Waals surface area contributed by atoms with Crippen molar-refractivity contribution in [2.75, 3.05) is 7.11 Å². The number of carbonyl (C=O) groups excluding carboxylic acids is 1. The molecule has 116 valence electrons. The number of aliphatic imine (C=N–C) groups is 1. The topological polar surface area (TPSA) is 50.7 Å². The second-order valence-corrected chi connectivity index (χ2v) is 5.28. The van der Waals surface area contributed by atoms with Crippen molar-refractivity contribution in [3.63, 3.8) is 0 Å². The molecule has 0 saturated heterocycles. The molecule has 2 aromatic rings. The molecule has 0 radical (unpaired) electrons. The molecule has 4 nitrogen and oxygen atoms in total. The van der Waals surface area contributed by atoms with Crippen LogP contribution in [0.25, 0.3) is 6.08 Å². The Balaban J connectivity index is 1.93. The number of benzene rings is 2. The lowest BCUT2D eigenvalue weighted by Crippen LogP contribution is -2.24. The minimum Gasteiger partial charge on any atom is -0.494 e. The molecule has 0 atom stereocenters. The molecule has 0 unspecified atom stereocenters. The fourth-order valence-corrected chi connectivity index (χ4v) is 2.36. The molecule has 6 heteroatoms. The number of amidine groups is 1. The largest absolute Gasteiger partial charge is 0.494 e. The number of nitrogens with zero attached hydrogens (tertiary/aromatic N) is 1. The lowest BCUT2D eigenvalue weighted by atomic mass is 10.2. The third-order valence-electron chi connectivity index (χ3n) is 3.27. The second kappa shape index (κ2) is 6.22. The van der Waals surface area contributed by atoms with Gasteiger partial charge in [0.15, 0.2) is 11.6 Å². The highest BCUT2D eigenvalue weighted by molar-refractivity contribution is 6.31. The van der Waals surface area contributed by atoms with E-state index >= 15 is 0 Å². The van der Waals surface area contributed by atoms with Crippen LogP contribution in [0.3, 0.4) is 0 Å². The molecule has 0 bridgehead atoms. The second-order valence-electron chi connectivity index (χ2n) is 4.85. The van der Waals surface area contributed by atoms with Crippen LogP contribution in [0, 0.1) is 5.82 Å². The van der Waals surface area contributed by atoms with Crippen LogP contribution >= 0.6 is 11.6 Å². The SMILES string of the molecule is COc1ccc(/C=C2/N=C(c3cccc(Cl)c3)NC2=O)cc1F. The van der Waals surface area contributed by atoms with E-state index in [1.54, 1.807) is 30.3 Å². The summed E-state index contributed by atoms with van der Waals surface area (Å²) in [4.78, 5) is 16.3. The van der Waals surface area contributed by atoms with E-state index in [0.717, 1.165) is 0 Å². The van der Waals surface area contributed by atoms with E-state index in [1.165, 1.54) is 25.3 Å². The zero-order valence-corrected chi connectivity index (χ0v) is 12.9. The van der Waals surface area contributed by atoms with Gasteiger partial charge in [-0.25, -0.2) is 9.38 Å². The molecule has 1 aliphatic heterocycles. The Hall–Kier alpha value is -2.66. The van der Waals surface area contributed by atoms with Gasteiger partial charge in [0.1, 0.15) is 11.5 Å². The summed E-state index contributed by atoms with van der Waals surface area (Å²) in [5.41, 5.74) is 1.42. The maximum atomic E-state index is 13.7. The number of methoxy groups -OCH3 is 1. The van der Waals surface area contributed by atoms with Gasteiger partial charge in [-0.3, -0.25) is 4.79 Å². The molecule has 2 aromatic carbocycles. The Morgan fingerprint density at radius 1 is 1.26 bits per heavy atom. The summed E-state index contributed by atoms with van der Waals surface area (Å²) >= 11 is 5.94. The maximum absolute atomic E-state index is 13.7. The van der Waals surface area contributed by atoms with Crippen molar-refractivity contribution in [2.24, 2.45) is 4.99 Å². The zero-order chi connectivity index (χ0) is 16.4. The lowest BCUT2D eigenvalue weighted by Gasteiger charge is -2.02. The first-order valence-electron chi connectivity index (χ1n) is 6.78. The Morgan fingerprint density at radius 2 is 2.09 bits per heavy atom. The number of nitrogens with one attached hydrogen (secondary N) is 1. The molecule has 0 aliphatic carbocycles. The lowest BCUT2D eigenvalue weighted by molar-refractivity contribution is -0.115. The molecular formula is C17H12ClFN2O2. The van der Waals surface area contributed by atoms with Gasteiger partial charge in [-0.05, 0) is 35.9 Å². The Kier molecular flexibility index (Phi) is 4.12. The van der Waals surface area contributed by atoms with Gasteiger partial charge in [0, 0.05) is 10.6 Å². The van der Waals surface area contributed by atoms with Crippen LogP contribution in [0.4, 0.5) is 4.39 Å².